The van der Waals surface area contributed by atoms with Crippen molar-refractivity contribution in [2.24, 2.45) is 5.73 Å². The molecular formula is C19H39NO2. The van der Waals surface area contributed by atoms with Gasteiger partial charge in [-0.1, -0.05) is 77.2 Å². The predicted octanol–water partition coefficient (Wildman–Crippen LogP) is 4.31. The topological polar surface area (TPSA) is 66.5 Å². The van der Waals surface area contributed by atoms with Gasteiger partial charge in [-0.2, -0.15) is 0 Å². The lowest BCUT2D eigenvalue weighted by molar-refractivity contribution is 0.135. The second kappa shape index (κ2) is 15.5. The van der Waals surface area contributed by atoms with E-state index in [0.717, 1.165) is 12.0 Å². The third-order valence-electron chi connectivity index (χ3n) is 4.36. The average Bonchev–Trinajstić information content (AvgIpc) is 2.54. The molecule has 0 aliphatic carbocycles. The monoisotopic (exact) mass is 313 g/mol. The summed E-state index contributed by atoms with van der Waals surface area (Å²) in [5.74, 6) is 0. The van der Waals surface area contributed by atoms with E-state index >= 15 is 0 Å². The smallest absolute Gasteiger partial charge is 0.0920 e. The third-order valence-corrected chi connectivity index (χ3v) is 4.36. The van der Waals surface area contributed by atoms with E-state index in [1.807, 2.05) is 6.92 Å². The van der Waals surface area contributed by atoms with E-state index < -0.39 is 12.1 Å². The maximum absolute atomic E-state index is 9.81. The van der Waals surface area contributed by atoms with Crippen molar-refractivity contribution in [3.05, 3.63) is 11.6 Å². The van der Waals surface area contributed by atoms with Crippen molar-refractivity contribution < 1.29 is 10.2 Å². The van der Waals surface area contributed by atoms with Crippen LogP contribution in [-0.4, -0.2) is 29.0 Å². The molecule has 0 aromatic heterocycles. The first-order valence-electron chi connectivity index (χ1n) is 9.34. The molecule has 0 fully saturated rings. The number of aliphatic hydroxyl groups excluding tert-OH is 2. The van der Waals surface area contributed by atoms with Crippen LogP contribution in [-0.2, 0) is 0 Å². The fraction of sp³-hybridized carbons (Fsp3) is 0.895. The van der Waals surface area contributed by atoms with Gasteiger partial charge in [-0.05, 0) is 25.3 Å². The van der Waals surface area contributed by atoms with Crippen LogP contribution >= 0.6 is 0 Å². The maximum Gasteiger partial charge on any atom is 0.0920 e. The molecule has 0 heterocycles. The van der Waals surface area contributed by atoms with E-state index in [1.165, 1.54) is 70.6 Å². The van der Waals surface area contributed by atoms with Crippen molar-refractivity contribution in [2.75, 3.05) is 6.61 Å². The zero-order chi connectivity index (χ0) is 16.6. The Hall–Kier alpha value is -0.380. The van der Waals surface area contributed by atoms with Crippen molar-refractivity contribution in [3.8, 4) is 0 Å². The number of hydrogen-bond donors (Lipinski definition) is 3. The van der Waals surface area contributed by atoms with E-state index in [4.69, 9.17) is 10.8 Å². The zero-order valence-electron chi connectivity index (χ0n) is 14.9. The van der Waals surface area contributed by atoms with Gasteiger partial charge in [-0.3, -0.25) is 0 Å². The van der Waals surface area contributed by atoms with Crippen molar-refractivity contribution in [1.82, 2.24) is 0 Å². The summed E-state index contributed by atoms with van der Waals surface area (Å²) in [4.78, 5) is 0. The normalized spacial score (nSPS) is 15.0. The molecule has 0 aliphatic rings. The Morgan fingerprint density at radius 3 is 1.82 bits per heavy atom. The highest BCUT2D eigenvalue weighted by Gasteiger charge is 2.14. The molecule has 0 amide bonds. The number of aliphatic hydroxyl groups is 2. The van der Waals surface area contributed by atoms with E-state index in [9.17, 15) is 5.11 Å². The quantitative estimate of drug-likeness (QED) is 0.312. The Kier molecular flexibility index (Phi) is 15.2. The summed E-state index contributed by atoms with van der Waals surface area (Å²) in [6, 6.07) is -0.562. The summed E-state index contributed by atoms with van der Waals surface area (Å²) in [5, 5.41) is 18.7. The molecule has 0 spiro atoms. The second-order valence-corrected chi connectivity index (χ2v) is 6.56. The molecule has 0 rings (SSSR count). The van der Waals surface area contributed by atoms with Gasteiger partial charge >= 0.3 is 0 Å². The standard InChI is InChI=1S/C19H39NO2/c1-3-4-5-6-7-8-9-10-11-12-13-14-15-17(2)19(22)18(20)16-21/h15,18-19,21-22H,3-14,16,20H2,1-2H3/b17-15-/t18-,19+/m0/s1. The number of nitrogens with two attached hydrogens (primary N) is 1. The van der Waals surface area contributed by atoms with Crippen LogP contribution in [0, 0.1) is 0 Å². The Labute approximate surface area is 138 Å². The molecule has 4 N–H and O–H groups in total. The molecule has 0 aromatic carbocycles. The van der Waals surface area contributed by atoms with Crippen LogP contribution in [0.25, 0.3) is 0 Å². The highest BCUT2D eigenvalue weighted by Crippen LogP contribution is 2.13. The van der Waals surface area contributed by atoms with Crippen LogP contribution in [0.2, 0.25) is 0 Å². The zero-order valence-corrected chi connectivity index (χ0v) is 14.9. The van der Waals surface area contributed by atoms with Gasteiger partial charge in [0, 0.05) is 0 Å². The van der Waals surface area contributed by atoms with Crippen LogP contribution in [0.1, 0.15) is 90.9 Å². The Balaban J connectivity index is 3.39. The van der Waals surface area contributed by atoms with Crippen LogP contribution in [0.5, 0.6) is 0 Å². The highest BCUT2D eigenvalue weighted by atomic mass is 16.3. The van der Waals surface area contributed by atoms with Crippen molar-refractivity contribution in [3.63, 3.8) is 0 Å². The SMILES string of the molecule is CCCCCCCCCCCCC/C=C(/C)[C@@H](O)[C@@H](N)CO. The number of allylic oxidation sites excluding steroid dienone is 1. The Morgan fingerprint density at radius 1 is 0.909 bits per heavy atom. The second-order valence-electron chi connectivity index (χ2n) is 6.56. The van der Waals surface area contributed by atoms with Gasteiger partial charge in [0.25, 0.3) is 0 Å². The maximum atomic E-state index is 9.81. The molecule has 22 heavy (non-hydrogen) atoms. The molecular weight excluding hydrogens is 274 g/mol. The number of unbranched alkanes of at least 4 members (excludes halogenated alkanes) is 11. The lowest BCUT2D eigenvalue weighted by Gasteiger charge is -2.17. The largest absolute Gasteiger partial charge is 0.395 e. The van der Waals surface area contributed by atoms with Crippen LogP contribution in [0.15, 0.2) is 11.6 Å². The molecule has 132 valence electrons. The lowest BCUT2D eigenvalue weighted by atomic mass is 10.0. The molecule has 0 bridgehead atoms. The summed E-state index contributed by atoms with van der Waals surface area (Å²) in [7, 11) is 0. The van der Waals surface area contributed by atoms with Crippen LogP contribution in [0.4, 0.5) is 0 Å². The van der Waals surface area contributed by atoms with Crippen molar-refractivity contribution in [2.45, 2.75) is 103 Å². The van der Waals surface area contributed by atoms with Gasteiger partial charge in [0.15, 0.2) is 0 Å². The fourth-order valence-corrected chi connectivity index (χ4v) is 2.70. The lowest BCUT2D eigenvalue weighted by Crippen LogP contribution is -2.38. The minimum atomic E-state index is -0.710. The molecule has 0 aromatic rings. The number of rotatable bonds is 15. The third kappa shape index (κ3) is 12.2. The van der Waals surface area contributed by atoms with Crippen molar-refractivity contribution in [1.29, 1.82) is 0 Å². The van der Waals surface area contributed by atoms with E-state index in [2.05, 4.69) is 13.0 Å². The van der Waals surface area contributed by atoms with E-state index in [-0.39, 0.29) is 6.61 Å². The van der Waals surface area contributed by atoms with Gasteiger partial charge in [0.05, 0.1) is 18.8 Å². The molecule has 0 saturated carbocycles. The molecule has 3 heteroatoms. The minimum Gasteiger partial charge on any atom is -0.395 e. The summed E-state index contributed by atoms with van der Waals surface area (Å²) >= 11 is 0. The first kappa shape index (κ1) is 21.6. The van der Waals surface area contributed by atoms with E-state index in [1.54, 1.807) is 0 Å². The number of hydrogen-bond acceptors (Lipinski definition) is 3. The highest BCUT2D eigenvalue weighted by molar-refractivity contribution is 5.07. The summed E-state index contributed by atoms with van der Waals surface area (Å²) < 4.78 is 0. The minimum absolute atomic E-state index is 0.176. The molecule has 0 unspecified atom stereocenters. The predicted molar refractivity (Wildman–Crippen MR) is 95.9 cm³/mol. The molecule has 0 radical (unpaired) electrons. The first-order chi connectivity index (χ1) is 10.6. The fourth-order valence-electron chi connectivity index (χ4n) is 2.70. The summed E-state index contributed by atoms with van der Waals surface area (Å²) in [5.41, 5.74) is 6.50. The Bertz CT molecular complexity index is 266. The Morgan fingerprint density at radius 2 is 1.36 bits per heavy atom. The van der Waals surface area contributed by atoms with Crippen LogP contribution < -0.4 is 5.73 Å². The van der Waals surface area contributed by atoms with Gasteiger partial charge in [0.1, 0.15) is 0 Å². The van der Waals surface area contributed by atoms with Crippen LogP contribution in [0.3, 0.4) is 0 Å². The summed E-state index contributed by atoms with van der Waals surface area (Å²) in [6.45, 7) is 3.97. The van der Waals surface area contributed by atoms with Crippen molar-refractivity contribution >= 4 is 0 Å². The van der Waals surface area contributed by atoms with E-state index in [0.29, 0.717) is 0 Å². The molecule has 0 saturated heterocycles. The molecule has 2 atom stereocenters. The van der Waals surface area contributed by atoms with Gasteiger partial charge in [-0.15, -0.1) is 0 Å². The first-order valence-corrected chi connectivity index (χ1v) is 9.34. The average molecular weight is 314 g/mol. The van der Waals surface area contributed by atoms with Gasteiger partial charge in [-0.25, -0.2) is 0 Å². The molecule has 3 nitrogen and oxygen atoms in total. The molecule has 0 aliphatic heterocycles. The summed E-state index contributed by atoms with van der Waals surface area (Å²) in [6.07, 6.45) is 17.2. The van der Waals surface area contributed by atoms with Gasteiger partial charge in [0.2, 0.25) is 0 Å². The van der Waals surface area contributed by atoms with Gasteiger partial charge < -0.3 is 15.9 Å².